The van der Waals surface area contributed by atoms with E-state index in [9.17, 15) is 13.2 Å². The molecule has 2 rings (SSSR count). The number of anilines is 1. The predicted molar refractivity (Wildman–Crippen MR) is 100 cm³/mol. The molecule has 0 bridgehead atoms. The number of hydrogen-bond donors (Lipinski definition) is 1. The lowest BCUT2D eigenvalue weighted by molar-refractivity contribution is -0.119. The number of nitrogens with zero attached hydrogens (tertiary/aromatic N) is 3. The summed E-state index contributed by atoms with van der Waals surface area (Å²) in [6.45, 7) is -0.457. The van der Waals surface area contributed by atoms with Gasteiger partial charge in [0, 0.05) is 6.20 Å². The van der Waals surface area contributed by atoms with Crippen LogP contribution in [-0.2, 0) is 14.8 Å². The summed E-state index contributed by atoms with van der Waals surface area (Å²) < 4.78 is 30.1. The Morgan fingerprint density at radius 3 is 2.73 bits per heavy atom. The number of hydrazone groups is 1. The van der Waals surface area contributed by atoms with Gasteiger partial charge >= 0.3 is 0 Å². The molecule has 1 aromatic carbocycles. The Morgan fingerprint density at radius 2 is 2.15 bits per heavy atom. The maximum atomic E-state index is 12.1. The van der Waals surface area contributed by atoms with Crippen molar-refractivity contribution in [1.82, 2.24) is 10.4 Å². The molecule has 1 amide bonds. The van der Waals surface area contributed by atoms with Crippen molar-refractivity contribution in [2.75, 3.05) is 24.2 Å². The molecule has 26 heavy (non-hydrogen) atoms. The van der Waals surface area contributed by atoms with E-state index in [2.05, 4.69) is 15.5 Å². The van der Waals surface area contributed by atoms with Crippen LogP contribution in [0.4, 0.5) is 5.69 Å². The number of carbonyl (C=O) groups excluding carboxylic acids is 1. The van der Waals surface area contributed by atoms with Crippen molar-refractivity contribution < 1.29 is 17.9 Å². The fourth-order valence-electron chi connectivity index (χ4n) is 2.00. The van der Waals surface area contributed by atoms with Gasteiger partial charge in [0.05, 0.1) is 36.0 Å². The quantitative estimate of drug-likeness (QED) is 0.566. The number of aromatic nitrogens is 1. The van der Waals surface area contributed by atoms with E-state index in [0.29, 0.717) is 11.4 Å². The monoisotopic (exact) mass is 396 g/mol. The normalized spacial score (nSPS) is 11.3. The zero-order valence-electron chi connectivity index (χ0n) is 14.1. The zero-order valence-corrected chi connectivity index (χ0v) is 15.7. The van der Waals surface area contributed by atoms with Crippen molar-refractivity contribution in [3.05, 3.63) is 53.3 Å². The van der Waals surface area contributed by atoms with Crippen LogP contribution in [0.25, 0.3) is 0 Å². The predicted octanol–water partition coefficient (Wildman–Crippen LogP) is 1.66. The minimum Gasteiger partial charge on any atom is -0.495 e. The molecule has 0 radical (unpaired) electrons. The Bertz CT molecular complexity index is 904. The Morgan fingerprint density at radius 1 is 1.38 bits per heavy atom. The molecule has 0 saturated heterocycles. The number of rotatable bonds is 7. The van der Waals surface area contributed by atoms with Gasteiger partial charge in [-0.3, -0.25) is 14.1 Å². The minimum atomic E-state index is -3.72. The second-order valence-corrected chi connectivity index (χ2v) is 7.45. The number of sulfonamides is 1. The molecule has 0 saturated carbocycles. The molecule has 0 unspecified atom stereocenters. The van der Waals surface area contributed by atoms with E-state index in [0.717, 1.165) is 10.6 Å². The molecule has 138 valence electrons. The molecule has 1 aromatic heterocycles. The summed E-state index contributed by atoms with van der Waals surface area (Å²) in [4.78, 5) is 16.1. The molecule has 0 atom stereocenters. The van der Waals surface area contributed by atoms with Gasteiger partial charge in [-0.05, 0) is 30.3 Å². The molecule has 1 N–H and O–H groups in total. The van der Waals surface area contributed by atoms with Gasteiger partial charge < -0.3 is 4.74 Å². The standard InChI is InChI=1S/C16H17ClN4O4S/c1-25-15-7-6-13(9-14(15)17)21(26(2,23)24)11-16(22)20-19-10-12-5-3-4-8-18-12/h3-10H,11H2,1-2H3,(H,20,22)/b19-10-. The van der Waals surface area contributed by atoms with Crippen LogP contribution in [0, 0.1) is 0 Å². The van der Waals surface area contributed by atoms with E-state index in [-0.39, 0.29) is 10.7 Å². The number of methoxy groups -OCH3 is 1. The number of halogens is 1. The van der Waals surface area contributed by atoms with Crippen LogP contribution < -0.4 is 14.5 Å². The number of ether oxygens (including phenoxy) is 1. The average Bonchev–Trinajstić information content (AvgIpc) is 2.59. The van der Waals surface area contributed by atoms with Crippen LogP contribution in [0.2, 0.25) is 5.02 Å². The number of hydrogen-bond acceptors (Lipinski definition) is 6. The first kappa shape index (κ1) is 19.7. The van der Waals surface area contributed by atoms with Crippen LogP contribution in [0.3, 0.4) is 0 Å². The summed E-state index contributed by atoms with van der Waals surface area (Å²) in [5.41, 5.74) is 3.06. The molecule has 0 aliphatic carbocycles. The molecular formula is C16H17ClN4O4S. The largest absolute Gasteiger partial charge is 0.495 e. The van der Waals surface area contributed by atoms with E-state index in [1.54, 1.807) is 24.4 Å². The Labute approximate surface area is 156 Å². The fourth-order valence-corrected chi connectivity index (χ4v) is 3.10. The minimum absolute atomic E-state index is 0.229. The number of nitrogens with one attached hydrogen (secondary N) is 1. The first-order valence-electron chi connectivity index (χ1n) is 7.35. The second-order valence-electron chi connectivity index (χ2n) is 5.14. The highest BCUT2D eigenvalue weighted by molar-refractivity contribution is 7.92. The van der Waals surface area contributed by atoms with Gasteiger partial charge in [0.1, 0.15) is 12.3 Å². The molecule has 10 heteroatoms. The van der Waals surface area contributed by atoms with Gasteiger partial charge in [-0.15, -0.1) is 0 Å². The van der Waals surface area contributed by atoms with Gasteiger partial charge in [0.2, 0.25) is 10.0 Å². The summed E-state index contributed by atoms with van der Waals surface area (Å²) in [5, 5.41) is 3.99. The molecule has 0 fully saturated rings. The lowest BCUT2D eigenvalue weighted by Crippen LogP contribution is -2.39. The number of amides is 1. The van der Waals surface area contributed by atoms with Crippen molar-refractivity contribution in [2.45, 2.75) is 0 Å². The van der Waals surface area contributed by atoms with Crippen molar-refractivity contribution in [3.63, 3.8) is 0 Å². The van der Waals surface area contributed by atoms with Crippen LogP contribution in [-0.4, -0.2) is 45.4 Å². The lowest BCUT2D eigenvalue weighted by atomic mass is 10.3. The summed E-state index contributed by atoms with van der Waals surface area (Å²) >= 11 is 6.03. The topological polar surface area (TPSA) is 101 Å². The van der Waals surface area contributed by atoms with Crippen LogP contribution in [0.15, 0.2) is 47.7 Å². The number of pyridine rings is 1. The van der Waals surface area contributed by atoms with E-state index < -0.39 is 22.5 Å². The van der Waals surface area contributed by atoms with Crippen molar-refractivity contribution in [2.24, 2.45) is 5.10 Å². The van der Waals surface area contributed by atoms with Crippen molar-refractivity contribution in [3.8, 4) is 5.75 Å². The number of carbonyl (C=O) groups is 1. The van der Waals surface area contributed by atoms with Crippen molar-refractivity contribution >= 4 is 39.4 Å². The summed E-state index contributed by atoms with van der Waals surface area (Å²) in [6, 6.07) is 9.65. The fraction of sp³-hybridized carbons (Fsp3) is 0.188. The third-order valence-corrected chi connectivity index (χ3v) is 4.62. The van der Waals surface area contributed by atoms with Gasteiger partial charge in [0.15, 0.2) is 0 Å². The van der Waals surface area contributed by atoms with Gasteiger partial charge in [-0.1, -0.05) is 17.7 Å². The second kappa shape index (κ2) is 8.63. The Balaban J connectivity index is 2.12. The maximum Gasteiger partial charge on any atom is 0.260 e. The van der Waals surface area contributed by atoms with E-state index in [1.165, 1.54) is 31.5 Å². The van der Waals surface area contributed by atoms with E-state index in [1.807, 2.05) is 0 Å². The third-order valence-electron chi connectivity index (χ3n) is 3.18. The van der Waals surface area contributed by atoms with E-state index in [4.69, 9.17) is 16.3 Å². The maximum absolute atomic E-state index is 12.1. The highest BCUT2D eigenvalue weighted by atomic mass is 35.5. The van der Waals surface area contributed by atoms with Gasteiger partial charge in [-0.25, -0.2) is 13.8 Å². The smallest absolute Gasteiger partial charge is 0.260 e. The average molecular weight is 397 g/mol. The van der Waals surface area contributed by atoms with Crippen LogP contribution >= 0.6 is 11.6 Å². The highest BCUT2D eigenvalue weighted by Gasteiger charge is 2.21. The summed E-state index contributed by atoms with van der Waals surface area (Å²) in [7, 11) is -2.27. The Hall–Kier alpha value is -2.65. The van der Waals surface area contributed by atoms with Crippen molar-refractivity contribution in [1.29, 1.82) is 0 Å². The lowest BCUT2D eigenvalue weighted by Gasteiger charge is -2.21. The summed E-state index contributed by atoms with van der Waals surface area (Å²) in [5.74, 6) is -0.220. The van der Waals surface area contributed by atoms with Gasteiger partial charge in [-0.2, -0.15) is 5.10 Å². The van der Waals surface area contributed by atoms with Gasteiger partial charge in [0.25, 0.3) is 5.91 Å². The molecule has 0 aliphatic rings. The van der Waals surface area contributed by atoms with E-state index >= 15 is 0 Å². The SMILES string of the molecule is COc1ccc(N(CC(=O)N/N=C\c2ccccn2)S(C)(=O)=O)cc1Cl. The van der Waals surface area contributed by atoms with Crippen LogP contribution in [0.1, 0.15) is 5.69 Å². The molecule has 0 spiro atoms. The number of benzene rings is 1. The third kappa shape index (κ3) is 5.43. The Kier molecular flexibility index (Phi) is 6.53. The molecule has 2 aromatic rings. The molecule has 8 nitrogen and oxygen atoms in total. The molecule has 0 aliphatic heterocycles. The first-order chi connectivity index (χ1) is 12.3. The van der Waals surface area contributed by atoms with Crippen LogP contribution in [0.5, 0.6) is 5.75 Å². The molecular weight excluding hydrogens is 380 g/mol. The highest BCUT2D eigenvalue weighted by Crippen LogP contribution is 2.30. The molecule has 1 heterocycles. The first-order valence-corrected chi connectivity index (χ1v) is 9.58. The zero-order chi connectivity index (χ0) is 19.2. The summed E-state index contributed by atoms with van der Waals surface area (Å²) in [6.07, 6.45) is 3.94.